The molecule has 0 saturated carbocycles. The number of hydrogen-bond acceptors (Lipinski definition) is 4. The zero-order valence-electron chi connectivity index (χ0n) is 13.9. The molecule has 0 radical (unpaired) electrons. The molecule has 1 N–H and O–H groups in total. The predicted octanol–water partition coefficient (Wildman–Crippen LogP) is 4.44. The van der Waals surface area contributed by atoms with E-state index >= 15 is 0 Å². The fourth-order valence-electron chi connectivity index (χ4n) is 2.04. The second kappa shape index (κ2) is 8.58. The lowest BCUT2D eigenvalue weighted by Gasteiger charge is -2.10. The van der Waals surface area contributed by atoms with Crippen LogP contribution in [0.5, 0.6) is 0 Å². The second-order valence-electron chi connectivity index (χ2n) is 5.47. The molecule has 0 saturated heterocycles. The van der Waals surface area contributed by atoms with Crippen LogP contribution in [-0.4, -0.2) is 23.5 Å². The molecule has 0 unspecified atom stereocenters. The highest BCUT2D eigenvalue weighted by Crippen LogP contribution is 2.29. The summed E-state index contributed by atoms with van der Waals surface area (Å²) >= 11 is 11.7. The number of hydrogen-bond donors (Lipinski definition) is 1. The third-order valence-corrected chi connectivity index (χ3v) is 4.00. The first-order valence-electron chi connectivity index (χ1n) is 7.50. The van der Waals surface area contributed by atoms with Gasteiger partial charge in [0.05, 0.1) is 27.7 Å². The zero-order chi connectivity index (χ0) is 20.2. The summed E-state index contributed by atoms with van der Waals surface area (Å²) in [6.45, 7) is 0.973. The van der Waals surface area contributed by atoms with E-state index in [1.807, 2.05) is 0 Å². The van der Waals surface area contributed by atoms with Crippen molar-refractivity contribution in [3.8, 4) is 0 Å². The van der Waals surface area contributed by atoms with Crippen molar-refractivity contribution in [1.82, 2.24) is 4.98 Å². The molecule has 27 heavy (non-hydrogen) atoms. The van der Waals surface area contributed by atoms with Crippen molar-refractivity contribution < 1.29 is 27.5 Å². The second-order valence-corrected chi connectivity index (χ2v) is 6.28. The minimum Gasteiger partial charge on any atom is -0.455 e. The number of nitrogens with one attached hydrogen (secondary N) is 1. The molecule has 10 heteroatoms. The fourth-order valence-corrected chi connectivity index (χ4v) is 2.44. The molecule has 0 spiro atoms. The molecule has 0 aliphatic rings. The fraction of sp³-hybridized carbons (Fsp3) is 0.235. The number of aryl methyl sites for hydroxylation is 1. The van der Waals surface area contributed by atoms with Crippen molar-refractivity contribution in [3.05, 3.63) is 57.2 Å². The van der Waals surface area contributed by atoms with E-state index in [-0.39, 0.29) is 16.4 Å². The number of amides is 1. The van der Waals surface area contributed by atoms with Crippen LogP contribution in [0.25, 0.3) is 0 Å². The van der Waals surface area contributed by atoms with Gasteiger partial charge in [-0.1, -0.05) is 41.4 Å². The average Bonchev–Trinajstić information content (AvgIpc) is 2.57. The lowest BCUT2D eigenvalue weighted by molar-refractivity contribution is -0.146. The van der Waals surface area contributed by atoms with E-state index in [2.05, 4.69) is 10.3 Å². The number of halogens is 5. The summed E-state index contributed by atoms with van der Waals surface area (Å²) in [7, 11) is 0. The van der Waals surface area contributed by atoms with Crippen molar-refractivity contribution in [2.75, 3.05) is 11.9 Å². The number of alkyl halides is 3. The van der Waals surface area contributed by atoms with Gasteiger partial charge in [0.1, 0.15) is 0 Å². The van der Waals surface area contributed by atoms with E-state index in [1.54, 1.807) is 6.92 Å². The van der Waals surface area contributed by atoms with E-state index in [1.165, 1.54) is 18.2 Å². The monoisotopic (exact) mass is 420 g/mol. The first-order chi connectivity index (χ1) is 12.6. The van der Waals surface area contributed by atoms with Crippen molar-refractivity contribution in [3.63, 3.8) is 0 Å². The zero-order valence-corrected chi connectivity index (χ0v) is 15.4. The molecular formula is C17H13Cl2F3N2O3. The summed E-state index contributed by atoms with van der Waals surface area (Å²) in [5.41, 5.74) is -0.310. The smallest absolute Gasteiger partial charge is 0.416 e. The largest absolute Gasteiger partial charge is 0.455 e. The minimum atomic E-state index is -4.51. The molecule has 0 bridgehead atoms. The maximum Gasteiger partial charge on any atom is 0.416 e. The third-order valence-electron chi connectivity index (χ3n) is 3.33. The molecule has 0 aliphatic carbocycles. The highest BCUT2D eigenvalue weighted by atomic mass is 35.5. The molecule has 2 aromatic rings. The molecule has 0 fully saturated rings. The van der Waals surface area contributed by atoms with Crippen LogP contribution in [0.3, 0.4) is 0 Å². The maximum atomic E-state index is 12.7. The van der Waals surface area contributed by atoms with Gasteiger partial charge in [-0.25, -0.2) is 4.98 Å². The maximum absolute atomic E-state index is 12.7. The number of benzene rings is 1. The van der Waals surface area contributed by atoms with E-state index in [4.69, 9.17) is 27.9 Å². The van der Waals surface area contributed by atoms with Gasteiger partial charge in [-0.2, -0.15) is 13.2 Å². The molecule has 5 nitrogen and oxygen atoms in total. The summed E-state index contributed by atoms with van der Waals surface area (Å²) in [4.78, 5) is 27.6. The topological polar surface area (TPSA) is 68.3 Å². The van der Waals surface area contributed by atoms with E-state index < -0.39 is 36.6 Å². The number of pyridine rings is 1. The van der Waals surface area contributed by atoms with Crippen LogP contribution in [0.4, 0.5) is 19.0 Å². The normalized spacial score (nSPS) is 11.2. The first kappa shape index (κ1) is 21.0. The van der Waals surface area contributed by atoms with Crippen molar-refractivity contribution in [1.29, 1.82) is 0 Å². The van der Waals surface area contributed by atoms with Gasteiger partial charge in [-0.15, -0.1) is 0 Å². The van der Waals surface area contributed by atoms with Crippen LogP contribution in [0.1, 0.15) is 16.8 Å². The minimum absolute atomic E-state index is 0.0532. The van der Waals surface area contributed by atoms with E-state index in [0.717, 1.165) is 12.1 Å². The molecular weight excluding hydrogens is 408 g/mol. The van der Waals surface area contributed by atoms with Gasteiger partial charge >= 0.3 is 12.1 Å². The van der Waals surface area contributed by atoms with Gasteiger partial charge in [0.15, 0.2) is 12.4 Å². The summed E-state index contributed by atoms with van der Waals surface area (Å²) in [5.74, 6) is -1.50. The lowest BCUT2D eigenvalue weighted by atomic mass is 10.1. The number of carbonyl (C=O) groups is 2. The first-order valence-corrected chi connectivity index (χ1v) is 8.26. The molecule has 144 valence electrons. The Morgan fingerprint density at radius 1 is 1.19 bits per heavy atom. The Morgan fingerprint density at radius 2 is 1.89 bits per heavy atom. The Kier molecular flexibility index (Phi) is 6.67. The Bertz CT molecular complexity index is 873. The van der Waals surface area contributed by atoms with E-state index in [9.17, 15) is 22.8 Å². The standard InChI is InChI=1S/C17H13Cl2F3N2O3/c1-9-12(18)7-13(19)16(23-9)24-14(25)8-27-15(26)6-10-3-2-4-11(5-10)17(20,21)22/h2-5,7H,6,8H2,1H3,(H,23,24,25). The molecule has 1 heterocycles. The Hall–Kier alpha value is -2.32. The van der Waals surface area contributed by atoms with Crippen LogP contribution >= 0.6 is 23.2 Å². The molecule has 0 atom stereocenters. The predicted molar refractivity (Wildman–Crippen MR) is 93.7 cm³/mol. The van der Waals surface area contributed by atoms with Gasteiger partial charge in [-0.05, 0) is 24.6 Å². The number of ether oxygens (including phenoxy) is 1. The number of nitrogens with zero attached hydrogens (tertiary/aromatic N) is 1. The summed E-state index contributed by atoms with van der Waals surface area (Å²) in [6.07, 6.45) is -4.92. The SMILES string of the molecule is Cc1nc(NC(=O)COC(=O)Cc2cccc(C(F)(F)F)c2)c(Cl)cc1Cl. The number of rotatable bonds is 5. The van der Waals surface area contributed by atoms with Gasteiger partial charge in [-0.3, -0.25) is 9.59 Å². The van der Waals surface area contributed by atoms with Gasteiger partial charge in [0.2, 0.25) is 0 Å². The highest BCUT2D eigenvalue weighted by Gasteiger charge is 2.30. The number of aromatic nitrogens is 1. The Balaban J connectivity index is 1.90. The van der Waals surface area contributed by atoms with Crippen LogP contribution in [0.2, 0.25) is 10.0 Å². The Morgan fingerprint density at radius 3 is 2.56 bits per heavy atom. The van der Waals surface area contributed by atoms with Crippen molar-refractivity contribution in [2.45, 2.75) is 19.5 Å². The van der Waals surface area contributed by atoms with Crippen LogP contribution < -0.4 is 5.32 Å². The number of carbonyl (C=O) groups excluding carboxylic acids is 2. The number of esters is 1. The van der Waals surface area contributed by atoms with Crippen LogP contribution in [0.15, 0.2) is 30.3 Å². The number of anilines is 1. The average molecular weight is 421 g/mol. The summed E-state index contributed by atoms with van der Waals surface area (Å²) < 4.78 is 42.7. The lowest BCUT2D eigenvalue weighted by Crippen LogP contribution is -2.22. The van der Waals surface area contributed by atoms with Gasteiger partial charge in [0, 0.05) is 0 Å². The van der Waals surface area contributed by atoms with Crippen LogP contribution in [0, 0.1) is 6.92 Å². The quantitative estimate of drug-likeness (QED) is 0.725. The molecule has 1 aromatic heterocycles. The van der Waals surface area contributed by atoms with Crippen molar-refractivity contribution in [2.24, 2.45) is 0 Å². The van der Waals surface area contributed by atoms with Crippen molar-refractivity contribution >= 4 is 40.9 Å². The molecule has 0 aliphatic heterocycles. The van der Waals surface area contributed by atoms with E-state index in [0.29, 0.717) is 10.7 Å². The molecule has 1 amide bonds. The summed E-state index contributed by atoms with van der Waals surface area (Å²) in [6, 6.07) is 5.70. The third kappa shape index (κ3) is 6.11. The molecule has 2 rings (SSSR count). The van der Waals surface area contributed by atoms with Crippen LogP contribution in [-0.2, 0) is 26.9 Å². The summed E-state index contributed by atoms with van der Waals surface area (Å²) in [5, 5.41) is 2.79. The molecule has 1 aromatic carbocycles. The highest BCUT2D eigenvalue weighted by molar-refractivity contribution is 6.36. The van der Waals surface area contributed by atoms with Gasteiger partial charge < -0.3 is 10.1 Å². The van der Waals surface area contributed by atoms with Gasteiger partial charge in [0.25, 0.3) is 5.91 Å². The Labute approximate surface area is 162 Å².